The molecule has 0 aromatic carbocycles. The summed E-state index contributed by atoms with van der Waals surface area (Å²) in [6.07, 6.45) is 0. The Morgan fingerprint density at radius 2 is 1.20 bits per heavy atom. The second-order valence-electron chi connectivity index (χ2n) is 0. The van der Waals surface area contributed by atoms with Crippen LogP contribution in [-0.4, -0.2) is 12.6 Å². The minimum atomic E-state index is 0. The van der Waals surface area contributed by atoms with E-state index in [1.165, 1.54) is 0 Å². The zero-order chi connectivity index (χ0) is 2.00. The van der Waals surface area contributed by atoms with Gasteiger partial charge in [0, 0.05) is 0 Å². The number of hydrogen-bond donors (Lipinski definition) is 0. The summed E-state index contributed by atoms with van der Waals surface area (Å²) >= 11 is 0. The van der Waals surface area contributed by atoms with E-state index in [4.69, 9.17) is 5.11 Å². The first-order valence-electron chi connectivity index (χ1n) is 0.408. The summed E-state index contributed by atoms with van der Waals surface area (Å²) in [7, 11) is 0.750. The molecule has 1 N–H and O–H groups in total. The van der Waals surface area contributed by atoms with Crippen LogP contribution in [0.1, 0.15) is 0 Å². The van der Waals surface area contributed by atoms with Crippen LogP contribution in [0.5, 0.6) is 0 Å². The van der Waals surface area contributed by atoms with Crippen LogP contribution in [0.2, 0.25) is 0 Å². The van der Waals surface area contributed by atoms with E-state index >= 15 is 0 Å². The monoisotopic (exact) mass is 112 g/mol. The van der Waals surface area contributed by atoms with Gasteiger partial charge in [0.15, 0.2) is 0 Å². The van der Waals surface area contributed by atoms with Crippen LogP contribution in [0.15, 0.2) is 0 Å². The third-order valence-corrected chi connectivity index (χ3v) is 0. The molecular formula is CH4O3Ti. The van der Waals surface area contributed by atoms with Gasteiger partial charge in [0.25, 0.3) is 0 Å². The summed E-state index contributed by atoms with van der Waals surface area (Å²) in [4.78, 5) is 0. The fourth-order valence-electron chi connectivity index (χ4n) is 0. The average Bonchev–Trinajstić information content (AvgIpc) is 1.00. The summed E-state index contributed by atoms with van der Waals surface area (Å²) in [6, 6.07) is 0. The van der Waals surface area contributed by atoms with Crippen molar-refractivity contribution in [2.45, 2.75) is 0 Å². The quantitative estimate of drug-likeness (QED) is 0.364. The van der Waals surface area contributed by atoms with Crippen molar-refractivity contribution in [1.29, 1.82) is 0 Å². The maximum absolute atomic E-state index is 8.25. The molecule has 0 amide bonds. The van der Waals surface area contributed by atoms with Crippen molar-refractivity contribution < 1.29 is 37.8 Å². The van der Waals surface area contributed by atoms with Gasteiger partial charge in [0.2, 0.25) is 0 Å². The van der Waals surface area contributed by atoms with Gasteiger partial charge in [-0.2, -0.15) is 7.11 Å². The van der Waals surface area contributed by atoms with E-state index in [0.717, 1.165) is 7.11 Å². The number of hydrogen-bond acceptors (Lipinski definition) is 2. The van der Waals surface area contributed by atoms with Crippen molar-refractivity contribution in [3.63, 3.8) is 0 Å². The van der Waals surface area contributed by atoms with Crippen LogP contribution < -0.4 is 5.11 Å². The Bertz CT molecular complexity index is 6.85. The molecule has 0 fully saturated rings. The third kappa shape index (κ3) is 87.6. The maximum atomic E-state index is 8.25. The molecule has 0 rings (SSSR count). The van der Waals surface area contributed by atoms with Crippen molar-refractivity contribution in [2.24, 2.45) is 0 Å². The molecule has 3 nitrogen and oxygen atoms in total. The molecule has 0 bridgehead atoms. The molecule has 5 heavy (non-hydrogen) atoms. The molecule has 0 atom stereocenters. The molecule has 0 unspecified atom stereocenters. The Hall–Kier alpha value is 0.594. The topological polar surface area (TPSA) is 81.6 Å². The fourth-order valence-corrected chi connectivity index (χ4v) is 0. The smallest absolute Gasteiger partial charge is 2.00 e. The molecule has 4 heteroatoms. The van der Waals surface area contributed by atoms with Gasteiger partial charge >= 0.3 is 21.7 Å². The summed E-state index contributed by atoms with van der Waals surface area (Å²) in [6.45, 7) is 0. The molecule has 0 saturated carbocycles. The number of rotatable bonds is 0. The molecule has 0 aromatic rings. The Morgan fingerprint density at radius 3 is 1.20 bits per heavy atom. The van der Waals surface area contributed by atoms with Gasteiger partial charge in [-0.3, -0.25) is 0 Å². The second kappa shape index (κ2) is 168. The van der Waals surface area contributed by atoms with Crippen LogP contribution >= 0.6 is 0 Å². The Balaban J connectivity index is -0.00000000167. The second-order valence-corrected chi connectivity index (χ2v) is 0. The molecule has 0 aliphatic heterocycles. The SMILES string of the molecule is C[O-].[O-2].[OH-].[Ti+4]. The molecular weight excluding hydrogens is 108 g/mol. The molecule has 0 spiro atoms. The standard InChI is InChI=1S/CH3O.H2O.O.Ti/c1-2;;;/h1H3;1H2;;/q-1;;-2;+4/p-1. The predicted octanol–water partition coefficient (Wildman–Crippen LogP) is -1.32. The first kappa shape index (κ1) is 46.5. The van der Waals surface area contributed by atoms with Gasteiger partial charge in [0.1, 0.15) is 0 Å². The molecule has 0 radical (unpaired) electrons. The predicted molar refractivity (Wildman–Crippen MR) is 8.55 cm³/mol. The molecule has 0 saturated heterocycles. The van der Waals surface area contributed by atoms with E-state index in [2.05, 4.69) is 0 Å². The molecule has 30 valence electrons. The molecule has 0 aliphatic carbocycles. The zero-order valence-electron chi connectivity index (χ0n) is 2.76. The van der Waals surface area contributed by atoms with Crippen molar-refractivity contribution in [3.05, 3.63) is 0 Å². The minimum absolute atomic E-state index is 0. The fraction of sp³-hybridized carbons (Fsp3) is 1.00. The first-order chi connectivity index (χ1) is 1.00. The third-order valence-electron chi connectivity index (χ3n) is 0. The Kier molecular flexibility index (Phi) is 1560. The summed E-state index contributed by atoms with van der Waals surface area (Å²) in [5.41, 5.74) is 0. The van der Waals surface area contributed by atoms with E-state index in [1.807, 2.05) is 0 Å². The first-order valence-corrected chi connectivity index (χ1v) is 0.408. The van der Waals surface area contributed by atoms with Gasteiger partial charge in [-0.05, 0) is 0 Å². The maximum Gasteiger partial charge on any atom is 4.00 e. The van der Waals surface area contributed by atoms with Crippen LogP contribution in [0.4, 0.5) is 0 Å². The van der Waals surface area contributed by atoms with Crippen LogP contribution in [0.25, 0.3) is 0 Å². The largest absolute Gasteiger partial charge is 4.00 e. The van der Waals surface area contributed by atoms with Crippen LogP contribution in [0, 0.1) is 0 Å². The van der Waals surface area contributed by atoms with Gasteiger partial charge in [-0.15, -0.1) is 0 Å². The zero-order valence-corrected chi connectivity index (χ0v) is 4.33. The minimum Gasteiger partial charge on any atom is -2.00 e. The Morgan fingerprint density at radius 1 is 1.20 bits per heavy atom. The van der Waals surface area contributed by atoms with Gasteiger partial charge in [0.05, 0.1) is 0 Å². The van der Waals surface area contributed by atoms with Gasteiger partial charge in [-0.1, -0.05) is 0 Å². The van der Waals surface area contributed by atoms with E-state index in [1.54, 1.807) is 0 Å². The molecule has 0 heterocycles. The van der Waals surface area contributed by atoms with Crippen molar-refractivity contribution in [1.82, 2.24) is 0 Å². The van der Waals surface area contributed by atoms with E-state index < -0.39 is 0 Å². The summed E-state index contributed by atoms with van der Waals surface area (Å²) < 4.78 is 0. The van der Waals surface area contributed by atoms with Crippen molar-refractivity contribution in [3.8, 4) is 0 Å². The molecule has 0 aromatic heterocycles. The van der Waals surface area contributed by atoms with E-state index in [9.17, 15) is 0 Å². The van der Waals surface area contributed by atoms with E-state index in [-0.39, 0.29) is 32.7 Å². The normalized spacial score (nSPS) is 1.20. The average molecular weight is 112 g/mol. The van der Waals surface area contributed by atoms with Crippen LogP contribution in [0.3, 0.4) is 0 Å². The Labute approximate surface area is 45.5 Å². The van der Waals surface area contributed by atoms with Gasteiger partial charge in [-0.25, -0.2) is 0 Å². The van der Waals surface area contributed by atoms with E-state index in [0.29, 0.717) is 0 Å². The van der Waals surface area contributed by atoms with Gasteiger partial charge < -0.3 is 16.1 Å². The summed E-state index contributed by atoms with van der Waals surface area (Å²) in [5, 5.41) is 8.25. The van der Waals surface area contributed by atoms with Crippen molar-refractivity contribution >= 4 is 0 Å². The molecule has 0 aliphatic rings. The van der Waals surface area contributed by atoms with Crippen LogP contribution in [-0.2, 0) is 27.2 Å². The summed E-state index contributed by atoms with van der Waals surface area (Å²) in [5.74, 6) is 0. The van der Waals surface area contributed by atoms with Crippen molar-refractivity contribution in [2.75, 3.05) is 7.11 Å².